The Labute approximate surface area is 104 Å². The highest BCUT2D eigenvalue weighted by Gasteiger charge is 2.19. The summed E-state index contributed by atoms with van der Waals surface area (Å²) in [5, 5.41) is 2.24. The molecule has 5 heteroatoms. The number of carbonyl (C=O) groups excluding carboxylic acids is 1. The Bertz CT molecular complexity index is 446. The van der Waals surface area contributed by atoms with E-state index in [2.05, 4.69) is 5.32 Å². The van der Waals surface area contributed by atoms with Gasteiger partial charge in [-0.05, 0) is 31.5 Å². The Morgan fingerprint density at radius 1 is 1.53 bits per heavy atom. The highest BCUT2D eigenvalue weighted by molar-refractivity contribution is 7.86. The Morgan fingerprint density at radius 3 is 2.76 bits per heavy atom. The van der Waals surface area contributed by atoms with Crippen LogP contribution in [-0.4, -0.2) is 21.1 Å². The molecule has 0 radical (unpaired) electrons. The summed E-state index contributed by atoms with van der Waals surface area (Å²) in [5.41, 5.74) is 7.86. The SMILES string of the molecule is CCS(=O)C(C)C(=O)Nc1cc(N)ccc1C. The molecule has 1 rings (SSSR count). The summed E-state index contributed by atoms with van der Waals surface area (Å²) >= 11 is 0. The molecule has 2 atom stereocenters. The van der Waals surface area contributed by atoms with Gasteiger partial charge in [-0.2, -0.15) is 0 Å². The van der Waals surface area contributed by atoms with E-state index < -0.39 is 16.0 Å². The number of aryl methyl sites for hydroxylation is 1. The van der Waals surface area contributed by atoms with Crippen LogP contribution in [0.15, 0.2) is 18.2 Å². The molecular formula is C12H18N2O2S. The van der Waals surface area contributed by atoms with Gasteiger partial charge in [-0.1, -0.05) is 13.0 Å². The predicted octanol–water partition coefficient (Wildman–Crippen LogP) is 1.67. The molecular weight excluding hydrogens is 236 g/mol. The largest absolute Gasteiger partial charge is 0.399 e. The van der Waals surface area contributed by atoms with Crippen molar-refractivity contribution >= 4 is 28.1 Å². The van der Waals surface area contributed by atoms with E-state index in [0.29, 0.717) is 17.1 Å². The van der Waals surface area contributed by atoms with Crippen molar-refractivity contribution in [1.82, 2.24) is 0 Å². The van der Waals surface area contributed by atoms with Crippen molar-refractivity contribution in [3.63, 3.8) is 0 Å². The van der Waals surface area contributed by atoms with E-state index in [1.807, 2.05) is 13.0 Å². The molecule has 0 saturated carbocycles. The summed E-state index contributed by atoms with van der Waals surface area (Å²) in [6, 6.07) is 5.32. The molecule has 1 amide bonds. The molecule has 0 spiro atoms. The van der Waals surface area contributed by atoms with Gasteiger partial charge < -0.3 is 11.1 Å². The predicted molar refractivity (Wildman–Crippen MR) is 72.4 cm³/mol. The molecule has 1 aromatic rings. The second-order valence-electron chi connectivity index (χ2n) is 3.88. The maximum absolute atomic E-state index is 11.8. The highest BCUT2D eigenvalue weighted by atomic mass is 32.2. The smallest absolute Gasteiger partial charge is 0.239 e. The van der Waals surface area contributed by atoms with Gasteiger partial charge in [0.25, 0.3) is 0 Å². The number of carbonyl (C=O) groups is 1. The van der Waals surface area contributed by atoms with Gasteiger partial charge in [-0.3, -0.25) is 9.00 Å². The minimum atomic E-state index is -1.13. The fraction of sp³-hybridized carbons (Fsp3) is 0.417. The third-order valence-corrected chi connectivity index (χ3v) is 4.14. The van der Waals surface area contributed by atoms with Crippen molar-refractivity contribution in [1.29, 1.82) is 0 Å². The normalized spacial score (nSPS) is 14.1. The molecule has 2 unspecified atom stereocenters. The lowest BCUT2D eigenvalue weighted by atomic mass is 10.2. The Balaban J connectivity index is 2.81. The lowest BCUT2D eigenvalue weighted by Gasteiger charge is -2.13. The van der Waals surface area contributed by atoms with Crippen LogP contribution in [0, 0.1) is 6.92 Å². The minimum Gasteiger partial charge on any atom is -0.399 e. The molecule has 17 heavy (non-hydrogen) atoms. The summed E-state index contributed by atoms with van der Waals surface area (Å²) in [6.45, 7) is 5.35. The van der Waals surface area contributed by atoms with Crippen molar-refractivity contribution in [3.05, 3.63) is 23.8 Å². The monoisotopic (exact) mass is 254 g/mol. The van der Waals surface area contributed by atoms with Crippen LogP contribution < -0.4 is 11.1 Å². The first-order valence-electron chi connectivity index (χ1n) is 5.50. The van der Waals surface area contributed by atoms with E-state index in [1.165, 1.54) is 0 Å². The molecule has 0 aromatic heterocycles. The third kappa shape index (κ3) is 3.56. The molecule has 0 heterocycles. The first-order valence-corrected chi connectivity index (χ1v) is 6.88. The molecule has 1 aromatic carbocycles. The van der Waals surface area contributed by atoms with Gasteiger partial charge in [0.05, 0.1) is 0 Å². The van der Waals surface area contributed by atoms with Gasteiger partial charge in [-0.15, -0.1) is 0 Å². The van der Waals surface area contributed by atoms with Crippen LogP contribution in [-0.2, 0) is 15.6 Å². The van der Waals surface area contributed by atoms with Crippen molar-refractivity contribution in [2.75, 3.05) is 16.8 Å². The van der Waals surface area contributed by atoms with Crippen molar-refractivity contribution in [2.45, 2.75) is 26.0 Å². The van der Waals surface area contributed by atoms with Crippen LogP contribution in [0.4, 0.5) is 11.4 Å². The number of nitrogens with two attached hydrogens (primary N) is 1. The number of anilines is 2. The number of hydrogen-bond donors (Lipinski definition) is 2. The van der Waals surface area contributed by atoms with Crippen molar-refractivity contribution in [2.24, 2.45) is 0 Å². The Morgan fingerprint density at radius 2 is 2.18 bits per heavy atom. The molecule has 0 saturated heterocycles. The minimum absolute atomic E-state index is 0.237. The topological polar surface area (TPSA) is 72.2 Å². The molecule has 0 aliphatic rings. The number of nitrogen functional groups attached to an aromatic ring is 1. The summed E-state index contributed by atoms with van der Waals surface area (Å²) in [5.74, 6) is 0.240. The van der Waals surface area contributed by atoms with Crippen LogP contribution in [0.3, 0.4) is 0 Å². The molecule has 0 fully saturated rings. The van der Waals surface area contributed by atoms with Crippen LogP contribution in [0.2, 0.25) is 0 Å². The lowest BCUT2D eigenvalue weighted by Crippen LogP contribution is -2.30. The molecule has 94 valence electrons. The second-order valence-corrected chi connectivity index (χ2v) is 5.92. The van der Waals surface area contributed by atoms with Gasteiger partial charge in [0, 0.05) is 27.9 Å². The Hall–Kier alpha value is -1.36. The number of nitrogens with one attached hydrogen (secondary N) is 1. The summed E-state index contributed by atoms with van der Waals surface area (Å²) < 4.78 is 11.5. The lowest BCUT2D eigenvalue weighted by molar-refractivity contribution is -0.115. The van der Waals surface area contributed by atoms with Gasteiger partial charge in [-0.25, -0.2) is 0 Å². The van der Waals surface area contributed by atoms with Crippen LogP contribution in [0.1, 0.15) is 19.4 Å². The number of hydrogen-bond acceptors (Lipinski definition) is 3. The highest BCUT2D eigenvalue weighted by Crippen LogP contribution is 2.18. The number of benzene rings is 1. The summed E-state index contributed by atoms with van der Waals surface area (Å²) in [6.07, 6.45) is 0. The van der Waals surface area contributed by atoms with Crippen molar-refractivity contribution in [3.8, 4) is 0 Å². The van der Waals surface area contributed by atoms with Gasteiger partial charge in [0.1, 0.15) is 5.25 Å². The maximum Gasteiger partial charge on any atom is 0.239 e. The zero-order valence-electron chi connectivity index (χ0n) is 10.3. The van der Waals surface area contributed by atoms with Gasteiger partial charge in [0.2, 0.25) is 5.91 Å². The van der Waals surface area contributed by atoms with E-state index in [4.69, 9.17) is 5.73 Å². The van der Waals surface area contributed by atoms with E-state index in [9.17, 15) is 9.00 Å². The van der Waals surface area contributed by atoms with Crippen molar-refractivity contribution < 1.29 is 9.00 Å². The molecule has 0 aliphatic carbocycles. The average Bonchev–Trinajstić information content (AvgIpc) is 2.31. The fourth-order valence-electron chi connectivity index (χ4n) is 1.38. The maximum atomic E-state index is 11.8. The van der Waals surface area contributed by atoms with E-state index in [-0.39, 0.29) is 5.91 Å². The molecule has 0 aliphatic heterocycles. The average molecular weight is 254 g/mol. The van der Waals surface area contributed by atoms with E-state index in [1.54, 1.807) is 26.0 Å². The van der Waals surface area contributed by atoms with Crippen LogP contribution >= 0.6 is 0 Å². The molecule has 0 bridgehead atoms. The zero-order chi connectivity index (χ0) is 13.0. The van der Waals surface area contributed by atoms with Gasteiger partial charge in [0.15, 0.2) is 0 Å². The van der Waals surface area contributed by atoms with E-state index in [0.717, 1.165) is 5.56 Å². The summed E-state index contributed by atoms with van der Waals surface area (Å²) in [4.78, 5) is 11.8. The zero-order valence-corrected chi connectivity index (χ0v) is 11.1. The quantitative estimate of drug-likeness (QED) is 0.803. The van der Waals surface area contributed by atoms with Crippen LogP contribution in [0.5, 0.6) is 0 Å². The Kier molecular flexibility index (Phi) is 4.69. The third-order valence-electron chi connectivity index (χ3n) is 2.57. The second kappa shape index (κ2) is 5.82. The molecule has 4 nitrogen and oxygen atoms in total. The standard InChI is InChI=1S/C12H18N2O2S/c1-4-17(16)9(3)12(15)14-11-7-10(13)6-5-8(11)2/h5-7,9H,4,13H2,1-3H3,(H,14,15). The molecule has 3 N–H and O–H groups in total. The first kappa shape index (κ1) is 13.7. The summed E-state index contributed by atoms with van der Waals surface area (Å²) in [7, 11) is -1.13. The number of rotatable bonds is 4. The first-order chi connectivity index (χ1) is 7.95. The fourth-order valence-corrected chi connectivity index (χ4v) is 2.18. The van der Waals surface area contributed by atoms with Crippen LogP contribution in [0.25, 0.3) is 0 Å². The van der Waals surface area contributed by atoms with E-state index >= 15 is 0 Å². The number of amides is 1. The van der Waals surface area contributed by atoms with Gasteiger partial charge >= 0.3 is 0 Å².